The van der Waals surface area contributed by atoms with Crippen molar-refractivity contribution in [2.45, 2.75) is 20.3 Å². The Bertz CT molecular complexity index is 585. The van der Waals surface area contributed by atoms with E-state index >= 15 is 0 Å². The molecule has 1 aromatic heterocycles. The molecule has 0 spiro atoms. The van der Waals surface area contributed by atoms with E-state index in [1.165, 1.54) is 6.07 Å². The van der Waals surface area contributed by atoms with Gasteiger partial charge < -0.3 is 5.21 Å². The highest BCUT2D eigenvalue weighted by Gasteiger charge is 2.09. The first-order chi connectivity index (χ1) is 8.09. The summed E-state index contributed by atoms with van der Waals surface area (Å²) < 4.78 is 0.714. The smallest absolute Gasteiger partial charge is 0.283 e. The molecule has 17 heavy (non-hydrogen) atoms. The summed E-state index contributed by atoms with van der Waals surface area (Å²) >= 11 is 0. The van der Waals surface area contributed by atoms with E-state index in [0.29, 0.717) is 10.4 Å². The van der Waals surface area contributed by atoms with Gasteiger partial charge in [0.05, 0.1) is 5.69 Å². The highest BCUT2D eigenvalue weighted by molar-refractivity contribution is 5.34. The van der Waals surface area contributed by atoms with Gasteiger partial charge in [0.2, 0.25) is 0 Å². The van der Waals surface area contributed by atoms with E-state index in [-0.39, 0.29) is 5.56 Å². The molecule has 0 bridgehead atoms. The Labute approximate surface area is 99.9 Å². The van der Waals surface area contributed by atoms with Crippen molar-refractivity contribution in [3.63, 3.8) is 0 Å². The van der Waals surface area contributed by atoms with Crippen molar-refractivity contribution in [3.8, 4) is 0 Å². The van der Waals surface area contributed by atoms with E-state index in [1.807, 2.05) is 37.3 Å². The summed E-state index contributed by atoms with van der Waals surface area (Å²) in [6.45, 7) is 3.65. The molecule has 3 nitrogen and oxygen atoms in total. The molecule has 2 aromatic rings. The highest BCUT2D eigenvalue weighted by atomic mass is 16.5. The lowest BCUT2D eigenvalue weighted by atomic mass is 10.00. The van der Waals surface area contributed by atoms with E-state index < -0.39 is 0 Å². The maximum absolute atomic E-state index is 11.4. The molecule has 1 heterocycles. The lowest BCUT2D eigenvalue weighted by molar-refractivity contribution is 0.167. The molecule has 2 rings (SSSR count). The fraction of sp³-hybridized carbons (Fsp3) is 0.214. The van der Waals surface area contributed by atoms with Crippen molar-refractivity contribution in [2.24, 2.45) is 0 Å². The molecular weight excluding hydrogens is 214 g/mol. The van der Waals surface area contributed by atoms with Gasteiger partial charge in [-0.3, -0.25) is 4.79 Å². The first kappa shape index (κ1) is 11.5. The van der Waals surface area contributed by atoms with Gasteiger partial charge in [0.15, 0.2) is 0 Å². The Hall–Kier alpha value is -2.03. The largest absolute Gasteiger partial charge is 0.425 e. The molecule has 0 amide bonds. The molecule has 88 valence electrons. The number of pyridine rings is 1. The zero-order chi connectivity index (χ0) is 12.4. The van der Waals surface area contributed by atoms with Gasteiger partial charge in [-0.25, -0.2) is 0 Å². The Morgan fingerprint density at radius 2 is 1.82 bits per heavy atom. The van der Waals surface area contributed by atoms with Crippen molar-refractivity contribution in [3.05, 3.63) is 69.1 Å². The molecule has 1 N–H and O–H groups in total. The van der Waals surface area contributed by atoms with Crippen LogP contribution in [-0.2, 0) is 6.42 Å². The predicted molar refractivity (Wildman–Crippen MR) is 66.6 cm³/mol. The molecule has 0 atom stereocenters. The molecule has 0 aliphatic heterocycles. The topological polar surface area (TPSA) is 42.2 Å². The van der Waals surface area contributed by atoms with Crippen LogP contribution in [0.5, 0.6) is 0 Å². The number of hydrogen-bond acceptors (Lipinski definition) is 2. The van der Waals surface area contributed by atoms with E-state index in [1.54, 1.807) is 6.92 Å². The second-order valence-corrected chi connectivity index (χ2v) is 4.20. The highest BCUT2D eigenvalue weighted by Crippen LogP contribution is 2.15. The van der Waals surface area contributed by atoms with Crippen molar-refractivity contribution in [2.75, 3.05) is 0 Å². The van der Waals surface area contributed by atoms with E-state index in [4.69, 9.17) is 0 Å². The fourth-order valence-corrected chi connectivity index (χ4v) is 1.98. The average Bonchev–Trinajstić information content (AvgIpc) is 2.33. The second-order valence-electron chi connectivity index (χ2n) is 4.20. The number of aryl methyl sites for hydroxylation is 1. The van der Waals surface area contributed by atoms with Gasteiger partial charge >= 0.3 is 0 Å². The molecule has 0 saturated heterocycles. The van der Waals surface area contributed by atoms with Crippen LogP contribution in [0.25, 0.3) is 0 Å². The standard InChI is InChI=1S/C14H15NO2/c1-10-8-14(16)15(17)11(2)13(10)9-12-6-4-3-5-7-12/h3-8,17H,9H2,1-2H3. The first-order valence-electron chi connectivity index (χ1n) is 5.55. The molecule has 1 aromatic carbocycles. The van der Waals surface area contributed by atoms with Crippen molar-refractivity contribution < 1.29 is 5.21 Å². The maximum atomic E-state index is 11.4. The number of benzene rings is 1. The normalized spacial score (nSPS) is 10.5. The van der Waals surface area contributed by atoms with E-state index in [0.717, 1.165) is 23.1 Å². The summed E-state index contributed by atoms with van der Waals surface area (Å²) in [5, 5.41) is 9.59. The Morgan fingerprint density at radius 3 is 2.47 bits per heavy atom. The Balaban J connectivity index is 2.47. The molecule has 0 fully saturated rings. The zero-order valence-corrected chi connectivity index (χ0v) is 9.97. The fourth-order valence-electron chi connectivity index (χ4n) is 1.98. The van der Waals surface area contributed by atoms with Crippen LogP contribution < -0.4 is 5.56 Å². The molecule has 0 radical (unpaired) electrons. The zero-order valence-electron chi connectivity index (χ0n) is 9.97. The summed E-state index contributed by atoms with van der Waals surface area (Å²) in [4.78, 5) is 11.4. The average molecular weight is 229 g/mol. The lowest BCUT2D eigenvalue weighted by Gasteiger charge is -2.11. The third kappa shape index (κ3) is 2.23. The van der Waals surface area contributed by atoms with Crippen LogP contribution in [0, 0.1) is 13.8 Å². The van der Waals surface area contributed by atoms with Gasteiger partial charge in [-0.15, -0.1) is 0 Å². The van der Waals surface area contributed by atoms with Crippen LogP contribution in [0.2, 0.25) is 0 Å². The van der Waals surface area contributed by atoms with Crippen LogP contribution in [-0.4, -0.2) is 9.94 Å². The number of aromatic nitrogens is 1. The molecule has 0 aliphatic carbocycles. The second kappa shape index (κ2) is 4.45. The minimum absolute atomic E-state index is 0.378. The van der Waals surface area contributed by atoms with Crippen molar-refractivity contribution >= 4 is 0 Å². The van der Waals surface area contributed by atoms with Gasteiger partial charge in [-0.05, 0) is 37.0 Å². The van der Waals surface area contributed by atoms with Crippen LogP contribution in [0.1, 0.15) is 22.4 Å². The third-order valence-corrected chi connectivity index (χ3v) is 3.00. The molecule has 3 heteroatoms. The lowest BCUT2D eigenvalue weighted by Crippen LogP contribution is -2.21. The molecule has 0 saturated carbocycles. The van der Waals surface area contributed by atoms with E-state index in [2.05, 4.69) is 0 Å². The summed E-state index contributed by atoms with van der Waals surface area (Å²) in [6, 6.07) is 11.5. The van der Waals surface area contributed by atoms with Gasteiger partial charge in [-0.1, -0.05) is 30.3 Å². The summed E-state index contributed by atoms with van der Waals surface area (Å²) in [5.41, 5.74) is 3.31. The van der Waals surface area contributed by atoms with Gasteiger partial charge in [0.1, 0.15) is 0 Å². The Morgan fingerprint density at radius 1 is 1.18 bits per heavy atom. The van der Waals surface area contributed by atoms with Crippen molar-refractivity contribution in [1.82, 2.24) is 4.73 Å². The minimum Gasteiger partial charge on any atom is -0.425 e. The number of hydrogen-bond donors (Lipinski definition) is 1. The SMILES string of the molecule is Cc1cc(=O)n(O)c(C)c1Cc1ccccc1. The van der Waals surface area contributed by atoms with Crippen LogP contribution in [0.3, 0.4) is 0 Å². The van der Waals surface area contributed by atoms with Crippen LogP contribution >= 0.6 is 0 Å². The van der Waals surface area contributed by atoms with Crippen molar-refractivity contribution in [1.29, 1.82) is 0 Å². The van der Waals surface area contributed by atoms with E-state index in [9.17, 15) is 10.0 Å². The third-order valence-electron chi connectivity index (χ3n) is 3.00. The quantitative estimate of drug-likeness (QED) is 0.803. The number of rotatable bonds is 2. The van der Waals surface area contributed by atoms with Gasteiger partial charge in [0.25, 0.3) is 5.56 Å². The first-order valence-corrected chi connectivity index (χ1v) is 5.55. The summed E-state index contributed by atoms with van der Waals surface area (Å²) in [6.07, 6.45) is 0.722. The minimum atomic E-state index is -0.378. The van der Waals surface area contributed by atoms with Crippen LogP contribution in [0.4, 0.5) is 0 Å². The molecule has 0 aliphatic rings. The Kier molecular flexibility index (Phi) is 3.00. The summed E-state index contributed by atoms with van der Waals surface area (Å²) in [7, 11) is 0. The molecule has 0 unspecified atom stereocenters. The predicted octanol–water partition coefficient (Wildman–Crippen LogP) is 2.29. The monoisotopic (exact) mass is 229 g/mol. The number of nitrogens with zero attached hydrogens (tertiary/aromatic N) is 1. The summed E-state index contributed by atoms with van der Waals surface area (Å²) in [5.74, 6) is 0. The van der Waals surface area contributed by atoms with Gasteiger partial charge in [0, 0.05) is 6.07 Å². The molecular formula is C14H15NO2. The van der Waals surface area contributed by atoms with Gasteiger partial charge in [-0.2, -0.15) is 4.73 Å². The maximum Gasteiger partial charge on any atom is 0.283 e. The van der Waals surface area contributed by atoms with Crippen LogP contribution in [0.15, 0.2) is 41.2 Å².